The molecule has 1 aliphatic rings. The average molecular weight is 265 g/mol. The second-order valence-corrected chi connectivity index (χ2v) is 5.92. The van der Waals surface area contributed by atoms with E-state index in [0.717, 1.165) is 6.42 Å². The Labute approximate surface area is 101 Å². The third-order valence-corrected chi connectivity index (χ3v) is 4.67. The van der Waals surface area contributed by atoms with E-state index in [-0.39, 0.29) is 6.29 Å². The van der Waals surface area contributed by atoms with Crippen LogP contribution in [-0.4, -0.2) is 48.1 Å². The Balaban J connectivity index is 2.66. The summed E-state index contributed by atoms with van der Waals surface area (Å²) in [4.78, 5) is 12.7. The second-order valence-electron chi connectivity index (χ2n) is 3.90. The highest BCUT2D eigenvalue weighted by molar-refractivity contribution is 7.53. The first-order valence-corrected chi connectivity index (χ1v) is 7.60. The van der Waals surface area contributed by atoms with Crippen LogP contribution in [0.25, 0.3) is 0 Å². The van der Waals surface area contributed by atoms with Gasteiger partial charge in [0.05, 0.1) is 13.2 Å². The van der Waals surface area contributed by atoms with Gasteiger partial charge >= 0.3 is 13.6 Å². The largest absolute Gasteiger partial charge is 0.480 e. The van der Waals surface area contributed by atoms with Gasteiger partial charge in [-0.05, 0) is 33.2 Å². The molecule has 0 radical (unpaired) electrons. The minimum Gasteiger partial charge on any atom is -0.480 e. The Bertz CT molecular complexity index is 299. The van der Waals surface area contributed by atoms with Crippen molar-refractivity contribution < 1.29 is 23.5 Å². The molecule has 1 rings (SSSR count). The third-order valence-electron chi connectivity index (χ3n) is 2.66. The first-order chi connectivity index (χ1) is 8.02. The van der Waals surface area contributed by atoms with Crippen molar-refractivity contribution in [2.24, 2.45) is 0 Å². The monoisotopic (exact) mass is 265 g/mol. The number of likely N-dealkylation sites (tertiary alicyclic amines) is 1. The molecule has 0 aromatic rings. The highest BCUT2D eigenvalue weighted by atomic mass is 31.2. The van der Waals surface area contributed by atoms with Crippen LogP contribution in [-0.2, 0) is 18.4 Å². The molecule has 0 saturated carbocycles. The van der Waals surface area contributed by atoms with E-state index >= 15 is 0 Å². The number of aliphatic carboxylic acids is 1. The lowest BCUT2D eigenvalue weighted by atomic mass is 10.2. The zero-order valence-electron chi connectivity index (χ0n) is 10.3. The summed E-state index contributed by atoms with van der Waals surface area (Å²) >= 11 is 0. The summed E-state index contributed by atoms with van der Waals surface area (Å²) in [7, 11) is -3.18. The predicted molar refractivity (Wildman–Crippen MR) is 63.1 cm³/mol. The summed E-state index contributed by atoms with van der Waals surface area (Å²) in [5.41, 5.74) is 0. The summed E-state index contributed by atoms with van der Waals surface area (Å²) in [5.74, 6) is -0.873. The Morgan fingerprint density at radius 2 is 2.00 bits per heavy atom. The van der Waals surface area contributed by atoms with Gasteiger partial charge in [-0.15, -0.1) is 0 Å². The molecule has 1 atom stereocenters. The number of hydrogen-bond donors (Lipinski definition) is 1. The number of carboxylic acids is 1. The Hall–Kier alpha value is -0.420. The fourth-order valence-corrected chi connectivity index (χ4v) is 3.82. The van der Waals surface area contributed by atoms with E-state index in [2.05, 4.69) is 0 Å². The first-order valence-electron chi connectivity index (χ1n) is 5.87. The molecular weight excluding hydrogens is 245 g/mol. The molecule has 0 aromatic heterocycles. The predicted octanol–water partition coefficient (Wildman–Crippen LogP) is 1.76. The van der Waals surface area contributed by atoms with Gasteiger partial charge in [0.2, 0.25) is 0 Å². The van der Waals surface area contributed by atoms with Crippen molar-refractivity contribution in [2.45, 2.75) is 32.7 Å². The molecule has 0 unspecified atom stereocenters. The highest BCUT2D eigenvalue weighted by Gasteiger charge is 2.36. The van der Waals surface area contributed by atoms with E-state index < -0.39 is 19.6 Å². The Morgan fingerprint density at radius 1 is 1.41 bits per heavy atom. The summed E-state index contributed by atoms with van der Waals surface area (Å²) in [5, 5.41) is 9.03. The van der Waals surface area contributed by atoms with Gasteiger partial charge in [0.1, 0.15) is 12.3 Å². The molecule has 0 amide bonds. The van der Waals surface area contributed by atoms with Crippen LogP contribution in [0, 0.1) is 0 Å². The SMILES string of the molecule is CCOP(=O)(CN1CCC[C@H]1C(=O)O)OCC. The van der Waals surface area contributed by atoms with Crippen molar-refractivity contribution in [1.29, 1.82) is 0 Å². The van der Waals surface area contributed by atoms with E-state index in [1.165, 1.54) is 0 Å². The maximum Gasteiger partial charge on any atom is 0.344 e. The van der Waals surface area contributed by atoms with Gasteiger partial charge in [-0.3, -0.25) is 14.3 Å². The lowest BCUT2D eigenvalue weighted by molar-refractivity contribution is -0.141. The molecule has 17 heavy (non-hydrogen) atoms. The van der Waals surface area contributed by atoms with Gasteiger partial charge in [0.15, 0.2) is 0 Å². The van der Waals surface area contributed by atoms with Crippen molar-refractivity contribution >= 4 is 13.6 Å². The lowest BCUT2D eigenvalue weighted by Crippen LogP contribution is -2.36. The fraction of sp³-hybridized carbons (Fsp3) is 0.900. The molecule has 6 nitrogen and oxygen atoms in total. The number of carbonyl (C=O) groups is 1. The van der Waals surface area contributed by atoms with Crippen molar-refractivity contribution in [3.63, 3.8) is 0 Å². The molecule has 0 bridgehead atoms. The smallest absolute Gasteiger partial charge is 0.344 e. The molecule has 7 heteroatoms. The highest BCUT2D eigenvalue weighted by Crippen LogP contribution is 2.49. The molecule has 1 N–H and O–H groups in total. The van der Waals surface area contributed by atoms with Gasteiger partial charge < -0.3 is 14.2 Å². The lowest BCUT2D eigenvalue weighted by Gasteiger charge is -2.25. The van der Waals surface area contributed by atoms with Crippen LogP contribution < -0.4 is 0 Å². The normalized spacial score (nSPS) is 21.9. The molecule has 1 fully saturated rings. The first kappa shape index (κ1) is 14.6. The van der Waals surface area contributed by atoms with Crippen molar-refractivity contribution in [3.8, 4) is 0 Å². The minimum absolute atomic E-state index is 0.0612. The van der Waals surface area contributed by atoms with E-state index in [4.69, 9.17) is 14.2 Å². The summed E-state index contributed by atoms with van der Waals surface area (Å²) in [6.45, 7) is 4.70. The van der Waals surface area contributed by atoms with E-state index in [9.17, 15) is 9.36 Å². The van der Waals surface area contributed by atoms with Crippen LogP contribution in [0.4, 0.5) is 0 Å². The van der Waals surface area contributed by atoms with E-state index in [1.54, 1.807) is 18.7 Å². The van der Waals surface area contributed by atoms with Crippen molar-refractivity contribution in [3.05, 3.63) is 0 Å². The van der Waals surface area contributed by atoms with Crippen LogP contribution in [0.2, 0.25) is 0 Å². The van der Waals surface area contributed by atoms with Crippen LogP contribution in [0.3, 0.4) is 0 Å². The van der Waals surface area contributed by atoms with Gasteiger partial charge in [0.25, 0.3) is 0 Å². The maximum atomic E-state index is 12.3. The van der Waals surface area contributed by atoms with Gasteiger partial charge in [-0.1, -0.05) is 0 Å². The molecule has 1 heterocycles. The molecule has 0 aliphatic carbocycles. The topological polar surface area (TPSA) is 76.1 Å². The minimum atomic E-state index is -3.18. The molecule has 0 aromatic carbocycles. The van der Waals surface area contributed by atoms with Crippen molar-refractivity contribution in [2.75, 3.05) is 26.0 Å². The zero-order valence-corrected chi connectivity index (χ0v) is 11.2. The molecule has 0 spiro atoms. The van der Waals surface area contributed by atoms with Gasteiger partial charge in [0, 0.05) is 0 Å². The standard InChI is InChI=1S/C10H20NO5P/c1-3-15-17(14,16-4-2)8-11-7-5-6-9(11)10(12)13/h9H,3-8H2,1-2H3,(H,12,13)/t9-/m0/s1. The van der Waals surface area contributed by atoms with Gasteiger partial charge in [-0.25, -0.2) is 0 Å². The van der Waals surface area contributed by atoms with E-state index in [1.807, 2.05) is 0 Å². The van der Waals surface area contributed by atoms with Crippen LogP contribution in [0.5, 0.6) is 0 Å². The quantitative estimate of drug-likeness (QED) is 0.707. The number of rotatable bonds is 7. The number of hydrogen-bond acceptors (Lipinski definition) is 5. The molecule has 1 aliphatic heterocycles. The van der Waals surface area contributed by atoms with Crippen molar-refractivity contribution in [1.82, 2.24) is 4.90 Å². The van der Waals surface area contributed by atoms with Crippen LogP contribution >= 0.6 is 7.60 Å². The average Bonchev–Trinajstić information content (AvgIpc) is 2.66. The van der Waals surface area contributed by atoms with Crippen LogP contribution in [0.15, 0.2) is 0 Å². The van der Waals surface area contributed by atoms with Gasteiger partial charge in [-0.2, -0.15) is 0 Å². The zero-order chi connectivity index (χ0) is 12.9. The Kier molecular flexibility index (Phi) is 5.59. The molecule has 100 valence electrons. The molecule has 1 saturated heterocycles. The number of carboxylic acid groups (broad SMARTS) is 1. The third kappa shape index (κ3) is 4.07. The fourth-order valence-electron chi connectivity index (χ4n) is 2.01. The second kappa shape index (κ2) is 6.50. The summed E-state index contributed by atoms with van der Waals surface area (Å²) in [6, 6.07) is -0.566. The van der Waals surface area contributed by atoms with Crippen LogP contribution in [0.1, 0.15) is 26.7 Å². The Morgan fingerprint density at radius 3 is 2.47 bits per heavy atom. The molecular formula is C10H20NO5P. The number of nitrogens with zero attached hydrogens (tertiary/aromatic N) is 1. The van der Waals surface area contributed by atoms with E-state index in [0.29, 0.717) is 26.2 Å². The maximum absolute atomic E-state index is 12.3. The summed E-state index contributed by atoms with van der Waals surface area (Å²) < 4.78 is 22.6. The summed E-state index contributed by atoms with van der Waals surface area (Å²) in [6.07, 6.45) is 1.45.